The fourth-order valence-electron chi connectivity index (χ4n) is 3.11. The van der Waals surface area contributed by atoms with Gasteiger partial charge in [-0.2, -0.15) is 11.8 Å². The quantitative estimate of drug-likeness (QED) is 0.796. The van der Waals surface area contributed by atoms with Gasteiger partial charge in [-0.1, -0.05) is 5.21 Å². The topological polar surface area (TPSA) is 116 Å². The lowest BCUT2D eigenvalue weighted by Gasteiger charge is -2.24. The van der Waals surface area contributed by atoms with E-state index in [1.165, 1.54) is 16.4 Å². The van der Waals surface area contributed by atoms with E-state index in [4.69, 9.17) is 9.47 Å². The van der Waals surface area contributed by atoms with E-state index >= 15 is 0 Å². The lowest BCUT2D eigenvalue weighted by atomic mass is 9.99. The van der Waals surface area contributed by atoms with Crippen LogP contribution in [0.4, 0.5) is 0 Å². The number of benzene rings is 1. The summed E-state index contributed by atoms with van der Waals surface area (Å²) in [6.45, 7) is 2.68. The predicted molar refractivity (Wildman–Crippen MR) is 96.9 cm³/mol. The van der Waals surface area contributed by atoms with Crippen LogP contribution in [0.2, 0.25) is 0 Å². The summed E-state index contributed by atoms with van der Waals surface area (Å²) in [5.41, 5.74) is 0.0278. The Kier molecular flexibility index (Phi) is 4.42. The Hall–Kier alpha value is -2.75. The number of amides is 1. The summed E-state index contributed by atoms with van der Waals surface area (Å²) in [5.74, 6) is 0.716. The van der Waals surface area contributed by atoms with Gasteiger partial charge in [-0.25, -0.2) is 9.48 Å². The highest BCUT2D eigenvalue weighted by Gasteiger charge is 2.44. The molecule has 0 bridgehead atoms. The number of nitrogens with one attached hydrogen (secondary N) is 1. The zero-order valence-corrected chi connectivity index (χ0v) is 15.4. The van der Waals surface area contributed by atoms with Crippen molar-refractivity contribution in [3.05, 3.63) is 29.6 Å². The van der Waals surface area contributed by atoms with Crippen LogP contribution in [0.1, 0.15) is 22.6 Å². The van der Waals surface area contributed by atoms with Crippen LogP contribution in [0.25, 0.3) is 5.69 Å². The van der Waals surface area contributed by atoms with E-state index in [1.54, 1.807) is 25.1 Å². The highest BCUT2D eigenvalue weighted by Crippen LogP contribution is 2.32. The molecule has 3 heterocycles. The van der Waals surface area contributed by atoms with E-state index in [0.717, 1.165) is 0 Å². The summed E-state index contributed by atoms with van der Waals surface area (Å²) in [4.78, 5) is 24.3. The second kappa shape index (κ2) is 6.76. The fraction of sp³-hybridized carbons (Fsp3) is 0.412. The van der Waals surface area contributed by atoms with Crippen LogP contribution in [0.3, 0.4) is 0 Å². The Morgan fingerprint density at radius 3 is 2.78 bits per heavy atom. The van der Waals surface area contributed by atoms with Crippen molar-refractivity contribution in [2.45, 2.75) is 18.9 Å². The Bertz CT molecular complexity index is 907. The molecule has 1 fully saturated rings. The lowest BCUT2D eigenvalue weighted by Crippen LogP contribution is -2.55. The minimum Gasteiger partial charge on any atom is -0.486 e. The van der Waals surface area contributed by atoms with Gasteiger partial charge in [0.2, 0.25) is 0 Å². The van der Waals surface area contributed by atoms with Crippen molar-refractivity contribution in [3.8, 4) is 17.2 Å². The minimum atomic E-state index is -1.25. The number of nitrogens with zero attached hydrogens (tertiary/aromatic N) is 3. The largest absolute Gasteiger partial charge is 0.486 e. The summed E-state index contributed by atoms with van der Waals surface area (Å²) in [5, 5.41) is 20.2. The first-order valence-corrected chi connectivity index (χ1v) is 9.62. The third-order valence-corrected chi connectivity index (χ3v) is 5.85. The Morgan fingerprint density at radius 2 is 2.07 bits per heavy atom. The highest BCUT2D eigenvalue weighted by molar-refractivity contribution is 7.99. The second-order valence-electron chi connectivity index (χ2n) is 6.41. The number of aliphatic carboxylic acids is 1. The third-order valence-electron chi connectivity index (χ3n) is 4.66. The zero-order chi connectivity index (χ0) is 19.0. The standard InChI is InChI=1S/C17H18N4O5S/c1-10-14(15(22)18-17(16(23)24)4-7-27-9-17)19-20-21(10)11-2-3-12-13(8-11)26-6-5-25-12/h2-3,8H,4-7,9H2,1H3,(H,18,22)(H,23,24). The summed E-state index contributed by atoms with van der Waals surface area (Å²) >= 11 is 1.50. The van der Waals surface area contributed by atoms with Gasteiger partial charge in [-0.15, -0.1) is 5.10 Å². The number of hydrogen-bond acceptors (Lipinski definition) is 7. The Morgan fingerprint density at radius 1 is 1.30 bits per heavy atom. The number of carboxylic acids is 1. The van der Waals surface area contributed by atoms with Crippen LogP contribution in [-0.4, -0.2) is 62.2 Å². The molecule has 2 aliphatic rings. The molecule has 0 aliphatic carbocycles. The number of carboxylic acid groups (broad SMARTS) is 1. The first-order valence-electron chi connectivity index (χ1n) is 8.46. The molecule has 1 unspecified atom stereocenters. The van der Waals surface area contributed by atoms with E-state index in [9.17, 15) is 14.7 Å². The van der Waals surface area contributed by atoms with Crippen molar-refractivity contribution in [1.82, 2.24) is 20.3 Å². The van der Waals surface area contributed by atoms with E-state index in [1.807, 2.05) is 0 Å². The third kappa shape index (κ3) is 3.09. The summed E-state index contributed by atoms with van der Waals surface area (Å²) in [6, 6.07) is 5.34. The molecular formula is C17H18N4O5S. The number of rotatable bonds is 4. The predicted octanol–water partition coefficient (Wildman–Crippen LogP) is 1.04. The number of aromatic nitrogens is 3. The van der Waals surface area contributed by atoms with Gasteiger partial charge in [-0.05, 0) is 31.2 Å². The summed E-state index contributed by atoms with van der Waals surface area (Å²) in [7, 11) is 0. The van der Waals surface area contributed by atoms with Gasteiger partial charge in [0.25, 0.3) is 5.91 Å². The first kappa shape index (κ1) is 17.7. The van der Waals surface area contributed by atoms with Gasteiger partial charge in [0, 0.05) is 11.8 Å². The Balaban J connectivity index is 1.60. The molecule has 2 aliphatic heterocycles. The maximum Gasteiger partial charge on any atom is 0.330 e. The number of fused-ring (bicyclic) bond motifs is 1. The molecule has 10 heteroatoms. The van der Waals surface area contributed by atoms with Crippen LogP contribution in [0.15, 0.2) is 18.2 Å². The number of carbonyl (C=O) groups excluding carboxylic acids is 1. The maximum atomic E-state index is 12.7. The van der Waals surface area contributed by atoms with E-state index in [2.05, 4.69) is 15.6 Å². The van der Waals surface area contributed by atoms with Gasteiger partial charge in [0.15, 0.2) is 17.2 Å². The van der Waals surface area contributed by atoms with Crippen LogP contribution < -0.4 is 14.8 Å². The number of ether oxygens (including phenoxy) is 2. The number of hydrogen-bond donors (Lipinski definition) is 2. The van der Waals surface area contributed by atoms with Crippen molar-refractivity contribution in [1.29, 1.82) is 0 Å². The molecule has 27 heavy (non-hydrogen) atoms. The van der Waals surface area contributed by atoms with Crippen LogP contribution in [0.5, 0.6) is 11.5 Å². The molecule has 2 N–H and O–H groups in total. The molecule has 1 aromatic heterocycles. The molecule has 0 spiro atoms. The summed E-state index contributed by atoms with van der Waals surface area (Å²) < 4.78 is 12.6. The van der Waals surface area contributed by atoms with E-state index in [0.29, 0.717) is 54.0 Å². The summed E-state index contributed by atoms with van der Waals surface area (Å²) in [6.07, 6.45) is 0.383. The molecule has 2 aromatic rings. The van der Waals surface area contributed by atoms with Crippen molar-refractivity contribution >= 4 is 23.6 Å². The average Bonchev–Trinajstić information content (AvgIpc) is 3.29. The second-order valence-corrected chi connectivity index (χ2v) is 7.51. The fourth-order valence-corrected chi connectivity index (χ4v) is 4.44. The molecule has 4 rings (SSSR count). The lowest BCUT2D eigenvalue weighted by molar-refractivity contribution is -0.143. The van der Waals surface area contributed by atoms with Crippen LogP contribution in [0, 0.1) is 6.92 Å². The zero-order valence-electron chi connectivity index (χ0n) is 14.6. The maximum absolute atomic E-state index is 12.7. The van der Waals surface area contributed by atoms with Gasteiger partial charge >= 0.3 is 5.97 Å². The molecule has 142 valence electrons. The van der Waals surface area contributed by atoms with E-state index in [-0.39, 0.29) is 5.69 Å². The van der Waals surface area contributed by atoms with Gasteiger partial charge < -0.3 is 19.9 Å². The van der Waals surface area contributed by atoms with Crippen molar-refractivity contribution in [3.63, 3.8) is 0 Å². The Labute approximate surface area is 159 Å². The monoisotopic (exact) mass is 390 g/mol. The molecular weight excluding hydrogens is 372 g/mol. The molecule has 9 nitrogen and oxygen atoms in total. The minimum absolute atomic E-state index is 0.0995. The number of carbonyl (C=O) groups is 2. The first-order chi connectivity index (χ1) is 13.0. The normalized spacial score (nSPS) is 21.1. The van der Waals surface area contributed by atoms with Crippen molar-refractivity contribution < 1.29 is 24.2 Å². The SMILES string of the molecule is Cc1c(C(=O)NC2(C(=O)O)CCSC2)nnn1-c1ccc2c(c1)OCCO2. The highest BCUT2D eigenvalue weighted by atomic mass is 32.2. The van der Waals surface area contributed by atoms with Gasteiger partial charge in [-0.3, -0.25) is 4.79 Å². The van der Waals surface area contributed by atoms with Gasteiger partial charge in [0.1, 0.15) is 18.8 Å². The molecule has 1 aromatic carbocycles. The molecule has 0 saturated carbocycles. The average molecular weight is 390 g/mol. The van der Waals surface area contributed by atoms with E-state index < -0.39 is 17.4 Å². The molecule has 1 amide bonds. The van der Waals surface area contributed by atoms with Crippen LogP contribution in [-0.2, 0) is 4.79 Å². The smallest absolute Gasteiger partial charge is 0.330 e. The molecule has 1 saturated heterocycles. The van der Waals surface area contributed by atoms with Crippen molar-refractivity contribution in [2.24, 2.45) is 0 Å². The van der Waals surface area contributed by atoms with Crippen molar-refractivity contribution in [2.75, 3.05) is 24.7 Å². The number of thioether (sulfide) groups is 1. The van der Waals surface area contributed by atoms with Crippen LogP contribution >= 0.6 is 11.8 Å². The molecule has 0 radical (unpaired) electrons. The van der Waals surface area contributed by atoms with Gasteiger partial charge in [0.05, 0.1) is 11.4 Å². The molecule has 1 atom stereocenters.